The molecule has 2 rings (SSSR count). The van der Waals surface area contributed by atoms with Crippen molar-refractivity contribution in [2.45, 2.75) is 70.3 Å². The van der Waals surface area contributed by atoms with E-state index >= 15 is 0 Å². The molecule has 0 aromatic rings. The summed E-state index contributed by atoms with van der Waals surface area (Å²) in [5.41, 5.74) is 5.85. The predicted octanol–water partition coefficient (Wildman–Crippen LogP) is 2.59. The van der Waals surface area contributed by atoms with Crippen LogP contribution in [0, 0.1) is 11.8 Å². The van der Waals surface area contributed by atoms with Crippen molar-refractivity contribution in [3.8, 4) is 0 Å². The molecule has 2 fully saturated rings. The Labute approximate surface area is 111 Å². The molecule has 0 bridgehead atoms. The second-order valence-electron chi connectivity index (χ2n) is 6.49. The largest absolute Gasteiger partial charge is 0.349 e. The molecule has 0 unspecified atom stereocenters. The number of hydrogen-bond donors (Lipinski definition) is 2. The molecule has 0 aromatic carbocycles. The van der Waals surface area contributed by atoms with Crippen molar-refractivity contribution in [2.75, 3.05) is 6.54 Å². The van der Waals surface area contributed by atoms with Crippen molar-refractivity contribution in [1.82, 2.24) is 5.32 Å². The minimum atomic E-state index is -0.0962. The highest BCUT2D eigenvalue weighted by Gasteiger charge is 2.36. The van der Waals surface area contributed by atoms with Gasteiger partial charge in [0.15, 0.2) is 0 Å². The number of carbonyl (C=O) groups is 1. The third-order valence-electron chi connectivity index (χ3n) is 4.99. The Morgan fingerprint density at radius 1 is 1.17 bits per heavy atom. The molecule has 104 valence electrons. The van der Waals surface area contributed by atoms with Crippen molar-refractivity contribution in [3.05, 3.63) is 0 Å². The summed E-state index contributed by atoms with van der Waals surface area (Å²) in [5.74, 6) is 1.31. The van der Waals surface area contributed by atoms with Gasteiger partial charge in [0.05, 0.1) is 5.54 Å². The molecule has 3 N–H and O–H groups in total. The van der Waals surface area contributed by atoms with Crippen LogP contribution in [0.15, 0.2) is 0 Å². The summed E-state index contributed by atoms with van der Waals surface area (Å²) in [6.45, 7) is 2.89. The minimum absolute atomic E-state index is 0.0962. The van der Waals surface area contributed by atoms with E-state index in [-0.39, 0.29) is 17.4 Å². The molecular weight excluding hydrogens is 224 g/mol. The van der Waals surface area contributed by atoms with E-state index in [1.165, 1.54) is 32.1 Å². The Morgan fingerprint density at radius 2 is 1.78 bits per heavy atom. The summed E-state index contributed by atoms with van der Waals surface area (Å²) in [6.07, 6.45) is 10.4. The van der Waals surface area contributed by atoms with Crippen LogP contribution in [0.25, 0.3) is 0 Å². The van der Waals surface area contributed by atoms with Gasteiger partial charge in [-0.3, -0.25) is 4.79 Å². The van der Waals surface area contributed by atoms with Crippen LogP contribution in [0.3, 0.4) is 0 Å². The van der Waals surface area contributed by atoms with Gasteiger partial charge in [-0.1, -0.05) is 26.2 Å². The first-order chi connectivity index (χ1) is 8.65. The van der Waals surface area contributed by atoms with Crippen LogP contribution in [0.2, 0.25) is 0 Å². The van der Waals surface area contributed by atoms with Gasteiger partial charge >= 0.3 is 0 Å². The molecule has 1 amide bonds. The summed E-state index contributed by atoms with van der Waals surface area (Å²) >= 11 is 0. The second-order valence-corrected chi connectivity index (χ2v) is 6.49. The zero-order valence-electron chi connectivity index (χ0n) is 11.7. The topological polar surface area (TPSA) is 55.1 Å². The Bertz CT molecular complexity index is 276. The third kappa shape index (κ3) is 3.25. The minimum Gasteiger partial charge on any atom is -0.349 e. The highest BCUT2D eigenvalue weighted by Crippen LogP contribution is 2.32. The highest BCUT2D eigenvalue weighted by molar-refractivity contribution is 5.79. The maximum absolute atomic E-state index is 12.3. The first-order valence-corrected chi connectivity index (χ1v) is 7.67. The molecule has 0 spiro atoms. The van der Waals surface area contributed by atoms with Crippen molar-refractivity contribution >= 4 is 5.91 Å². The van der Waals surface area contributed by atoms with Gasteiger partial charge in [-0.2, -0.15) is 0 Å². The monoisotopic (exact) mass is 252 g/mol. The summed E-state index contributed by atoms with van der Waals surface area (Å²) in [6, 6.07) is 0. The fourth-order valence-electron chi connectivity index (χ4n) is 3.42. The predicted molar refractivity (Wildman–Crippen MR) is 74.1 cm³/mol. The number of carbonyl (C=O) groups excluding carboxylic acids is 1. The van der Waals surface area contributed by atoms with E-state index in [0.717, 1.165) is 31.6 Å². The number of amides is 1. The lowest BCUT2D eigenvalue weighted by atomic mass is 9.76. The van der Waals surface area contributed by atoms with Crippen molar-refractivity contribution in [2.24, 2.45) is 17.6 Å². The maximum atomic E-state index is 12.3. The lowest BCUT2D eigenvalue weighted by Gasteiger charge is -2.40. The molecule has 2 saturated carbocycles. The first kappa shape index (κ1) is 13.9. The van der Waals surface area contributed by atoms with Crippen LogP contribution in [0.4, 0.5) is 0 Å². The molecule has 0 atom stereocenters. The Morgan fingerprint density at radius 3 is 2.33 bits per heavy atom. The summed E-state index contributed by atoms with van der Waals surface area (Å²) in [7, 11) is 0. The Kier molecular flexibility index (Phi) is 4.66. The highest BCUT2D eigenvalue weighted by atomic mass is 16.2. The summed E-state index contributed by atoms with van der Waals surface area (Å²) < 4.78 is 0. The van der Waals surface area contributed by atoms with Gasteiger partial charge in [0.1, 0.15) is 0 Å². The van der Waals surface area contributed by atoms with Crippen LogP contribution >= 0.6 is 0 Å². The van der Waals surface area contributed by atoms with E-state index in [1.54, 1.807) is 0 Å². The summed E-state index contributed by atoms with van der Waals surface area (Å²) in [5, 5.41) is 3.31. The zero-order valence-corrected chi connectivity index (χ0v) is 11.7. The van der Waals surface area contributed by atoms with Crippen molar-refractivity contribution < 1.29 is 4.79 Å². The van der Waals surface area contributed by atoms with Crippen LogP contribution in [-0.2, 0) is 4.79 Å². The van der Waals surface area contributed by atoms with Crippen LogP contribution in [0.5, 0.6) is 0 Å². The van der Waals surface area contributed by atoms with Gasteiger partial charge < -0.3 is 11.1 Å². The molecule has 0 heterocycles. The first-order valence-electron chi connectivity index (χ1n) is 7.67. The molecule has 3 heteroatoms. The number of nitrogens with one attached hydrogen (secondary N) is 1. The molecule has 3 nitrogen and oxygen atoms in total. The third-order valence-corrected chi connectivity index (χ3v) is 4.99. The Hall–Kier alpha value is -0.570. The van der Waals surface area contributed by atoms with Gasteiger partial charge in [-0.25, -0.2) is 0 Å². The molecule has 0 aliphatic heterocycles. The van der Waals surface area contributed by atoms with Crippen molar-refractivity contribution in [1.29, 1.82) is 0 Å². The van der Waals surface area contributed by atoms with E-state index in [2.05, 4.69) is 12.2 Å². The molecule has 0 saturated heterocycles. The number of hydrogen-bond acceptors (Lipinski definition) is 2. The molecule has 0 radical (unpaired) electrons. The van der Waals surface area contributed by atoms with Crippen LogP contribution in [0.1, 0.15) is 64.7 Å². The molecule has 2 aliphatic carbocycles. The number of rotatable bonds is 3. The second kappa shape index (κ2) is 6.05. The van der Waals surface area contributed by atoms with Gasteiger partial charge in [0, 0.05) is 12.5 Å². The SMILES string of the molecule is CC1CCC(CN)(NC(=O)C2CCCCC2)CC1. The molecule has 18 heavy (non-hydrogen) atoms. The summed E-state index contributed by atoms with van der Waals surface area (Å²) in [4.78, 5) is 12.3. The van der Waals surface area contributed by atoms with Gasteiger partial charge in [0.2, 0.25) is 5.91 Å². The normalized spacial score (nSPS) is 34.2. The van der Waals surface area contributed by atoms with Crippen LogP contribution < -0.4 is 11.1 Å². The maximum Gasteiger partial charge on any atom is 0.223 e. The van der Waals surface area contributed by atoms with Crippen LogP contribution in [-0.4, -0.2) is 18.0 Å². The quantitative estimate of drug-likeness (QED) is 0.811. The average Bonchev–Trinajstić information content (AvgIpc) is 2.43. The van der Waals surface area contributed by atoms with Crippen molar-refractivity contribution in [3.63, 3.8) is 0 Å². The zero-order chi connectivity index (χ0) is 13.0. The van der Waals surface area contributed by atoms with E-state index in [0.29, 0.717) is 6.54 Å². The smallest absolute Gasteiger partial charge is 0.223 e. The van der Waals surface area contributed by atoms with E-state index < -0.39 is 0 Å². The molecule has 2 aliphatic rings. The average molecular weight is 252 g/mol. The molecule has 0 aromatic heterocycles. The van der Waals surface area contributed by atoms with Gasteiger partial charge in [0.25, 0.3) is 0 Å². The van der Waals surface area contributed by atoms with E-state index in [9.17, 15) is 4.79 Å². The standard InChI is InChI=1S/C15H28N2O/c1-12-7-9-15(11-16,10-8-12)17-14(18)13-5-3-2-4-6-13/h12-13H,2-11,16H2,1H3,(H,17,18). The van der Waals surface area contributed by atoms with Gasteiger partial charge in [-0.15, -0.1) is 0 Å². The van der Waals surface area contributed by atoms with E-state index in [1.807, 2.05) is 0 Å². The fourth-order valence-corrected chi connectivity index (χ4v) is 3.42. The molecular formula is C15H28N2O. The van der Waals surface area contributed by atoms with E-state index in [4.69, 9.17) is 5.73 Å². The lowest BCUT2D eigenvalue weighted by Crippen LogP contribution is -2.56. The lowest BCUT2D eigenvalue weighted by molar-refractivity contribution is -0.128. The fraction of sp³-hybridized carbons (Fsp3) is 0.933. The number of nitrogens with two attached hydrogens (primary N) is 1. The van der Waals surface area contributed by atoms with Gasteiger partial charge in [-0.05, 0) is 44.4 Å². The Balaban J connectivity index is 1.90.